The predicted molar refractivity (Wildman–Crippen MR) is 131 cm³/mol. The maximum atomic E-state index is 12.5. The van der Waals surface area contributed by atoms with Crippen molar-refractivity contribution in [2.45, 2.75) is 38.1 Å². The van der Waals surface area contributed by atoms with Gasteiger partial charge in [-0.15, -0.1) is 24.0 Å². The maximum absolute atomic E-state index is 12.5. The monoisotopic (exact) mass is 545 g/mol. The van der Waals surface area contributed by atoms with Crippen LogP contribution in [0, 0.1) is 0 Å². The molecule has 0 unspecified atom stereocenters. The topological polar surface area (TPSA) is 73.6 Å². The van der Waals surface area contributed by atoms with Crippen LogP contribution >= 0.6 is 24.0 Å². The molecule has 1 aromatic rings. The largest absolute Gasteiger partial charge is 0.469 e. The second-order valence-electron chi connectivity index (χ2n) is 8.42. The molecule has 31 heavy (non-hydrogen) atoms. The van der Waals surface area contributed by atoms with Crippen LogP contribution in [0.3, 0.4) is 0 Å². The number of guanidine groups is 1. The summed E-state index contributed by atoms with van der Waals surface area (Å²) in [6.45, 7) is 7.55. The summed E-state index contributed by atoms with van der Waals surface area (Å²) in [5, 5.41) is 3.71. The molecule has 4 rings (SSSR count). The maximum Gasteiger partial charge on any atom is 0.236 e. The molecule has 1 saturated carbocycles. The molecule has 1 N–H and O–H groups in total. The molecular weight excluding hydrogens is 509 g/mol. The molecule has 0 bridgehead atoms. The predicted octanol–water partition coefficient (Wildman–Crippen LogP) is 1.80. The minimum absolute atomic E-state index is 0. The number of halogens is 1. The van der Waals surface area contributed by atoms with Gasteiger partial charge in [-0.2, -0.15) is 0 Å². The van der Waals surface area contributed by atoms with E-state index in [9.17, 15) is 4.79 Å². The summed E-state index contributed by atoms with van der Waals surface area (Å²) in [6, 6.07) is 4.46. The first-order valence-electron chi connectivity index (χ1n) is 11.4. The summed E-state index contributed by atoms with van der Waals surface area (Å²) in [5.74, 6) is 2.22. The molecule has 0 spiro atoms. The third-order valence-corrected chi connectivity index (χ3v) is 6.28. The molecule has 3 heterocycles. The van der Waals surface area contributed by atoms with E-state index in [2.05, 4.69) is 15.1 Å². The van der Waals surface area contributed by atoms with Crippen molar-refractivity contribution in [3.63, 3.8) is 0 Å². The van der Waals surface area contributed by atoms with Gasteiger partial charge in [0.1, 0.15) is 5.76 Å². The standard InChI is InChI=1S/C22H35N5O3.HI/c28-21(26-13-16-29-17-14-26)18-25-9-11-27(12-10-25)22(24-19-4-1-2-5-19)23-8-7-20-6-3-15-30-20;/h3,6,15,19H,1-2,4-5,7-14,16-18H2,(H,23,24);1H. The smallest absolute Gasteiger partial charge is 0.236 e. The van der Waals surface area contributed by atoms with Crippen molar-refractivity contribution in [1.82, 2.24) is 20.0 Å². The highest BCUT2D eigenvalue weighted by molar-refractivity contribution is 14.0. The molecule has 3 aliphatic rings. The van der Waals surface area contributed by atoms with Crippen LogP contribution < -0.4 is 5.32 Å². The van der Waals surface area contributed by atoms with E-state index in [0.29, 0.717) is 25.8 Å². The van der Waals surface area contributed by atoms with Gasteiger partial charge in [-0.1, -0.05) is 12.8 Å². The summed E-state index contributed by atoms with van der Waals surface area (Å²) in [5.41, 5.74) is 0. The van der Waals surface area contributed by atoms with Crippen molar-refractivity contribution in [2.75, 3.05) is 65.6 Å². The number of nitrogens with one attached hydrogen (secondary N) is 1. The fourth-order valence-corrected chi connectivity index (χ4v) is 4.44. The van der Waals surface area contributed by atoms with Gasteiger partial charge in [0.25, 0.3) is 0 Å². The Bertz CT molecular complexity index is 679. The SMILES string of the molecule is I.O=C(CN1CCN(C(=NCCc2ccco2)NC2CCCC2)CC1)N1CCOCC1. The Balaban J connectivity index is 0.00000272. The van der Waals surface area contributed by atoms with Gasteiger partial charge in [-0.3, -0.25) is 14.7 Å². The van der Waals surface area contributed by atoms with Crippen LogP contribution in [0.15, 0.2) is 27.8 Å². The van der Waals surface area contributed by atoms with Crippen LogP contribution in [0.4, 0.5) is 0 Å². The molecule has 2 aliphatic heterocycles. The van der Waals surface area contributed by atoms with Crippen molar-refractivity contribution in [1.29, 1.82) is 0 Å². The number of rotatable bonds is 6. The second-order valence-corrected chi connectivity index (χ2v) is 8.42. The van der Waals surface area contributed by atoms with E-state index < -0.39 is 0 Å². The molecule has 0 aromatic carbocycles. The van der Waals surface area contributed by atoms with Crippen LogP contribution in [0.5, 0.6) is 0 Å². The van der Waals surface area contributed by atoms with Gasteiger partial charge in [0.2, 0.25) is 5.91 Å². The van der Waals surface area contributed by atoms with Gasteiger partial charge in [-0.25, -0.2) is 0 Å². The third kappa shape index (κ3) is 7.35. The van der Waals surface area contributed by atoms with Gasteiger partial charge in [-0.05, 0) is 25.0 Å². The van der Waals surface area contributed by atoms with E-state index in [0.717, 1.165) is 64.0 Å². The van der Waals surface area contributed by atoms with E-state index in [4.69, 9.17) is 14.1 Å². The summed E-state index contributed by atoms with van der Waals surface area (Å²) >= 11 is 0. The highest BCUT2D eigenvalue weighted by atomic mass is 127. The Kier molecular flexibility index (Phi) is 9.92. The lowest BCUT2D eigenvalue weighted by atomic mass is 10.2. The summed E-state index contributed by atoms with van der Waals surface area (Å²) in [4.78, 5) is 24.0. The number of amides is 1. The number of morpholine rings is 1. The summed E-state index contributed by atoms with van der Waals surface area (Å²) in [6.07, 6.45) is 7.59. The third-order valence-electron chi connectivity index (χ3n) is 6.28. The Hall–Kier alpha value is -1.33. The van der Waals surface area contributed by atoms with Crippen molar-refractivity contribution >= 4 is 35.8 Å². The van der Waals surface area contributed by atoms with Gasteiger partial charge in [0.05, 0.1) is 26.0 Å². The van der Waals surface area contributed by atoms with Crippen molar-refractivity contribution in [3.05, 3.63) is 24.2 Å². The number of carbonyl (C=O) groups excluding carboxylic acids is 1. The van der Waals surface area contributed by atoms with Crippen molar-refractivity contribution < 1.29 is 13.9 Å². The molecular formula is C22H36IN5O3. The average Bonchev–Trinajstić information content (AvgIpc) is 3.49. The lowest BCUT2D eigenvalue weighted by Gasteiger charge is -2.38. The molecule has 0 atom stereocenters. The molecule has 9 heteroatoms. The van der Waals surface area contributed by atoms with Gasteiger partial charge in [0.15, 0.2) is 5.96 Å². The highest BCUT2D eigenvalue weighted by Gasteiger charge is 2.26. The number of furan rings is 1. The normalized spacial score (nSPS) is 21.2. The Morgan fingerprint density at radius 1 is 1.06 bits per heavy atom. The van der Waals surface area contributed by atoms with E-state index >= 15 is 0 Å². The number of carbonyl (C=O) groups is 1. The Labute approximate surface area is 202 Å². The molecule has 2 saturated heterocycles. The Morgan fingerprint density at radius 3 is 2.48 bits per heavy atom. The number of piperazine rings is 1. The van der Waals surface area contributed by atoms with Crippen molar-refractivity contribution in [2.24, 2.45) is 4.99 Å². The zero-order valence-corrected chi connectivity index (χ0v) is 20.7. The van der Waals surface area contributed by atoms with E-state index in [1.165, 1.54) is 25.7 Å². The van der Waals surface area contributed by atoms with Crippen LogP contribution in [0.2, 0.25) is 0 Å². The molecule has 8 nitrogen and oxygen atoms in total. The molecule has 1 amide bonds. The van der Waals surface area contributed by atoms with Crippen LogP contribution in [0.25, 0.3) is 0 Å². The first kappa shape index (κ1) is 24.3. The minimum Gasteiger partial charge on any atom is -0.469 e. The van der Waals surface area contributed by atoms with E-state index in [1.807, 2.05) is 17.0 Å². The van der Waals surface area contributed by atoms with Crippen LogP contribution in [0.1, 0.15) is 31.4 Å². The fraction of sp³-hybridized carbons (Fsp3) is 0.727. The van der Waals surface area contributed by atoms with Gasteiger partial charge in [0, 0.05) is 58.3 Å². The number of hydrogen-bond donors (Lipinski definition) is 1. The first-order valence-corrected chi connectivity index (χ1v) is 11.4. The number of hydrogen-bond acceptors (Lipinski definition) is 5. The summed E-state index contributed by atoms with van der Waals surface area (Å²) < 4.78 is 10.8. The van der Waals surface area contributed by atoms with E-state index in [-0.39, 0.29) is 29.9 Å². The van der Waals surface area contributed by atoms with Gasteiger partial charge < -0.3 is 24.3 Å². The quantitative estimate of drug-likeness (QED) is 0.334. The van der Waals surface area contributed by atoms with Crippen molar-refractivity contribution in [3.8, 4) is 0 Å². The number of ether oxygens (including phenoxy) is 1. The fourth-order valence-electron chi connectivity index (χ4n) is 4.44. The second kappa shape index (κ2) is 12.6. The molecule has 1 aromatic heterocycles. The molecule has 174 valence electrons. The lowest BCUT2D eigenvalue weighted by Crippen LogP contribution is -2.55. The zero-order valence-electron chi connectivity index (χ0n) is 18.3. The number of nitrogens with zero attached hydrogens (tertiary/aromatic N) is 4. The molecule has 3 fully saturated rings. The Morgan fingerprint density at radius 2 is 1.81 bits per heavy atom. The number of aliphatic imine (C=N–C) groups is 1. The molecule has 0 radical (unpaired) electrons. The van der Waals surface area contributed by atoms with E-state index in [1.54, 1.807) is 6.26 Å². The average molecular weight is 545 g/mol. The highest BCUT2D eigenvalue weighted by Crippen LogP contribution is 2.18. The minimum atomic E-state index is 0. The van der Waals surface area contributed by atoms with Crippen LogP contribution in [-0.2, 0) is 16.0 Å². The zero-order chi connectivity index (χ0) is 20.6. The molecule has 1 aliphatic carbocycles. The van der Waals surface area contributed by atoms with Gasteiger partial charge >= 0.3 is 0 Å². The lowest BCUT2D eigenvalue weighted by molar-refractivity contribution is -0.136. The summed E-state index contributed by atoms with van der Waals surface area (Å²) in [7, 11) is 0. The van der Waals surface area contributed by atoms with Crippen LogP contribution in [-0.4, -0.2) is 98.2 Å². The first-order chi connectivity index (χ1) is 14.8.